The molecule has 1 aliphatic rings. The van der Waals surface area contributed by atoms with Gasteiger partial charge in [-0.2, -0.15) is 0 Å². The number of nitrogens with two attached hydrogens (primary N) is 1. The Morgan fingerprint density at radius 2 is 2.05 bits per heavy atom. The number of hydrogen-bond donors (Lipinski definition) is 1. The van der Waals surface area contributed by atoms with Crippen molar-refractivity contribution >= 4 is 17.3 Å². The summed E-state index contributed by atoms with van der Waals surface area (Å²) in [6.07, 6.45) is 6.22. The van der Waals surface area contributed by atoms with Crippen molar-refractivity contribution in [3.8, 4) is 0 Å². The van der Waals surface area contributed by atoms with E-state index in [0.717, 1.165) is 17.4 Å². The van der Waals surface area contributed by atoms with Gasteiger partial charge in [-0.25, -0.2) is 0 Å². The summed E-state index contributed by atoms with van der Waals surface area (Å²) in [7, 11) is 2.21. The maximum absolute atomic E-state index is 6.21. The van der Waals surface area contributed by atoms with Gasteiger partial charge in [-0.15, -0.1) is 0 Å². The summed E-state index contributed by atoms with van der Waals surface area (Å²) < 4.78 is 0. The highest BCUT2D eigenvalue weighted by Crippen LogP contribution is 2.33. The topological polar surface area (TPSA) is 29.3 Å². The van der Waals surface area contributed by atoms with Gasteiger partial charge in [0.15, 0.2) is 0 Å². The zero-order chi connectivity index (χ0) is 14.7. The molecule has 0 spiro atoms. The van der Waals surface area contributed by atoms with Crippen molar-refractivity contribution in [2.75, 3.05) is 11.9 Å². The average Bonchev–Trinajstić information content (AvgIpc) is 2.40. The third-order valence-electron chi connectivity index (χ3n) is 4.53. The van der Waals surface area contributed by atoms with Gasteiger partial charge in [0.05, 0.1) is 0 Å². The summed E-state index contributed by atoms with van der Waals surface area (Å²) in [6.45, 7) is 4.43. The van der Waals surface area contributed by atoms with Crippen LogP contribution >= 0.6 is 11.6 Å². The molecule has 112 valence electrons. The molecule has 0 saturated heterocycles. The van der Waals surface area contributed by atoms with E-state index in [2.05, 4.69) is 37.9 Å². The minimum atomic E-state index is 0.173. The standard InChI is InChI=1S/C17H27ClN2/c1-12-6-4-5-7-16(12)20(3)17-11-15(18)9-8-14(17)10-13(2)19/h8-9,11-13,16H,4-7,10,19H2,1-3H3. The van der Waals surface area contributed by atoms with Crippen LogP contribution in [-0.4, -0.2) is 19.1 Å². The minimum Gasteiger partial charge on any atom is -0.371 e. The van der Waals surface area contributed by atoms with E-state index in [-0.39, 0.29) is 6.04 Å². The molecule has 1 aromatic carbocycles. The maximum Gasteiger partial charge on any atom is 0.0426 e. The van der Waals surface area contributed by atoms with Crippen molar-refractivity contribution in [1.29, 1.82) is 0 Å². The van der Waals surface area contributed by atoms with Crippen molar-refractivity contribution in [2.24, 2.45) is 11.7 Å². The van der Waals surface area contributed by atoms with Gasteiger partial charge >= 0.3 is 0 Å². The van der Waals surface area contributed by atoms with Crippen molar-refractivity contribution < 1.29 is 0 Å². The van der Waals surface area contributed by atoms with E-state index in [1.54, 1.807) is 0 Å². The number of rotatable bonds is 4. The third kappa shape index (κ3) is 3.67. The second-order valence-electron chi connectivity index (χ2n) is 6.39. The SMILES string of the molecule is CC(N)Cc1ccc(Cl)cc1N(C)C1CCCCC1C. The lowest BCUT2D eigenvalue weighted by Gasteiger charge is -2.38. The zero-order valence-electron chi connectivity index (χ0n) is 12.9. The molecule has 0 aromatic heterocycles. The van der Waals surface area contributed by atoms with Crippen molar-refractivity contribution in [1.82, 2.24) is 0 Å². The second kappa shape index (κ2) is 6.82. The lowest BCUT2D eigenvalue weighted by atomic mass is 9.84. The van der Waals surface area contributed by atoms with Gasteiger partial charge in [0.2, 0.25) is 0 Å². The van der Waals surface area contributed by atoms with Gasteiger partial charge in [-0.05, 0) is 49.8 Å². The Morgan fingerprint density at radius 3 is 2.70 bits per heavy atom. The highest BCUT2D eigenvalue weighted by atomic mass is 35.5. The molecule has 3 heteroatoms. The molecule has 3 atom stereocenters. The van der Waals surface area contributed by atoms with Crippen LogP contribution in [0, 0.1) is 5.92 Å². The zero-order valence-corrected chi connectivity index (χ0v) is 13.7. The first-order valence-corrected chi connectivity index (χ1v) is 8.13. The molecule has 0 amide bonds. The molecule has 20 heavy (non-hydrogen) atoms. The van der Waals surface area contributed by atoms with E-state index in [4.69, 9.17) is 17.3 Å². The van der Waals surface area contributed by atoms with Crippen molar-refractivity contribution in [2.45, 2.75) is 58.0 Å². The van der Waals surface area contributed by atoms with Crippen LogP contribution in [0.25, 0.3) is 0 Å². The predicted molar refractivity (Wildman–Crippen MR) is 88.6 cm³/mol. The molecule has 0 bridgehead atoms. The monoisotopic (exact) mass is 294 g/mol. The average molecular weight is 295 g/mol. The van der Waals surface area contributed by atoms with Crippen molar-refractivity contribution in [3.63, 3.8) is 0 Å². The smallest absolute Gasteiger partial charge is 0.0426 e. The molecule has 3 unspecified atom stereocenters. The first-order chi connectivity index (χ1) is 9.49. The molecule has 2 nitrogen and oxygen atoms in total. The fourth-order valence-corrected chi connectivity index (χ4v) is 3.60. The predicted octanol–water partition coefficient (Wildman–Crippen LogP) is 4.24. The molecular weight excluding hydrogens is 268 g/mol. The van der Waals surface area contributed by atoms with Crippen LogP contribution < -0.4 is 10.6 Å². The second-order valence-corrected chi connectivity index (χ2v) is 6.83. The van der Waals surface area contributed by atoms with E-state index >= 15 is 0 Å². The van der Waals surface area contributed by atoms with Crippen molar-refractivity contribution in [3.05, 3.63) is 28.8 Å². The molecule has 1 aromatic rings. The number of nitrogens with zero attached hydrogens (tertiary/aromatic N) is 1. The van der Waals surface area contributed by atoms with Crippen LogP contribution in [0.5, 0.6) is 0 Å². The van der Waals surface area contributed by atoms with Crippen LogP contribution in [0.2, 0.25) is 5.02 Å². The summed E-state index contributed by atoms with van der Waals surface area (Å²) in [4.78, 5) is 2.44. The Kier molecular flexibility index (Phi) is 5.34. The molecule has 1 aliphatic carbocycles. The van der Waals surface area contributed by atoms with Crippen LogP contribution in [0.1, 0.15) is 45.1 Å². The van der Waals surface area contributed by atoms with E-state index < -0.39 is 0 Å². The quantitative estimate of drug-likeness (QED) is 0.900. The third-order valence-corrected chi connectivity index (χ3v) is 4.77. The van der Waals surface area contributed by atoms with Crippen LogP contribution in [0.15, 0.2) is 18.2 Å². The summed E-state index contributed by atoms with van der Waals surface area (Å²) >= 11 is 6.21. The number of halogens is 1. The minimum absolute atomic E-state index is 0.173. The molecular formula is C17H27ClN2. The Bertz CT molecular complexity index is 445. The van der Waals surface area contributed by atoms with E-state index in [0.29, 0.717) is 6.04 Å². The largest absolute Gasteiger partial charge is 0.371 e. The summed E-state index contributed by atoms with van der Waals surface area (Å²) in [5.74, 6) is 0.746. The Morgan fingerprint density at radius 1 is 1.35 bits per heavy atom. The highest BCUT2D eigenvalue weighted by Gasteiger charge is 2.26. The van der Waals surface area contributed by atoms with Gasteiger partial charge < -0.3 is 10.6 Å². The lowest BCUT2D eigenvalue weighted by molar-refractivity contribution is 0.321. The molecule has 2 N–H and O–H groups in total. The van der Waals surface area contributed by atoms with E-state index in [1.165, 1.54) is 36.9 Å². The fourth-order valence-electron chi connectivity index (χ4n) is 3.44. The summed E-state index contributed by atoms with van der Waals surface area (Å²) in [5.41, 5.74) is 8.55. The van der Waals surface area contributed by atoms with Gasteiger partial charge in [-0.3, -0.25) is 0 Å². The number of hydrogen-bond acceptors (Lipinski definition) is 2. The molecule has 1 saturated carbocycles. The lowest BCUT2D eigenvalue weighted by Crippen LogP contribution is -2.39. The Balaban J connectivity index is 2.27. The van der Waals surface area contributed by atoms with Gasteiger partial charge in [-0.1, -0.05) is 37.4 Å². The Labute approximate surface area is 128 Å². The maximum atomic E-state index is 6.21. The highest BCUT2D eigenvalue weighted by molar-refractivity contribution is 6.30. The summed E-state index contributed by atoms with van der Waals surface area (Å²) in [6, 6.07) is 6.99. The Hall–Kier alpha value is -0.730. The van der Waals surface area contributed by atoms with Crippen LogP contribution in [-0.2, 0) is 6.42 Å². The molecule has 0 heterocycles. The fraction of sp³-hybridized carbons (Fsp3) is 0.647. The molecule has 0 radical (unpaired) electrons. The first kappa shape index (κ1) is 15.7. The van der Waals surface area contributed by atoms with Crippen LogP contribution in [0.3, 0.4) is 0 Å². The first-order valence-electron chi connectivity index (χ1n) is 7.76. The molecule has 2 rings (SSSR count). The van der Waals surface area contributed by atoms with Gasteiger partial charge in [0.25, 0.3) is 0 Å². The molecule has 0 aliphatic heterocycles. The van der Waals surface area contributed by atoms with Gasteiger partial charge in [0, 0.05) is 29.8 Å². The number of benzene rings is 1. The normalized spacial score (nSPS) is 24.4. The van der Waals surface area contributed by atoms with Gasteiger partial charge in [0.1, 0.15) is 0 Å². The number of anilines is 1. The summed E-state index contributed by atoms with van der Waals surface area (Å²) in [5, 5.41) is 0.809. The van der Waals surface area contributed by atoms with Crippen LogP contribution in [0.4, 0.5) is 5.69 Å². The van der Waals surface area contributed by atoms with E-state index in [1.807, 2.05) is 6.07 Å². The molecule has 1 fully saturated rings. The van der Waals surface area contributed by atoms with E-state index in [9.17, 15) is 0 Å².